The summed E-state index contributed by atoms with van der Waals surface area (Å²) in [6.45, 7) is 6.01. The third kappa shape index (κ3) is 2.60. The van der Waals surface area contributed by atoms with Crippen LogP contribution in [0.5, 0.6) is 5.75 Å². The van der Waals surface area contributed by atoms with Gasteiger partial charge in [0.2, 0.25) is 0 Å². The number of fused-ring (bicyclic) bond motifs is 3. The number of methoxy groups -OCH3 is 1. The summed E-state index contributed by atoms with van der Waals surface area (Å²) in [6, 6.07) is 12.2. The highest BCUT2D eigenvalue weighted by Crippen LogP contribution is 2.60. The molecule has 0 N–H and O–H groups in total. The molecule has 2 aliphatic carbocycles. The average molecular weight is 394 g/mol. The van der Waals surface area contributed by atoms with Crippen molar-refractivity contribution in [1.82, 2.24) is 0 Å². The third-order valence-corrected chi connectivity index (χ3v) is 6.32. The van der Waals surface area contributed by atoms with Crippen LogP contribution in [0.3, 0.4) is 0 Å². The Morgan fingerprint density at radius 3 is 2.24 bits per heavy atom. The molecule has 2 aliphatic rings. The lowest BCUT2D eigenvalue weighted by atomic mass is 9.59. The Kier molecular flexibility index (Phi) is 4.64. The number of carbonyl (C=O) groups is 2. The van der Waals surface area contributed by atoms with E-state index in [1.165, 1.54) is 0 Å². The zero-order chi connectivity index (χ0) is 20.8. The number of hydrogen-bond acceptors (Lipinski definition) is 5. The Hall–Kier alpha value is -2.82. The smallest absolute Gasteiger partial charge is 0.323 e. The van der Waals surface area contributed by atoms with Gasteiger partial charge >= 0.3 is 11.9 Å². The molecule has 0 spiro atoms. The lowest BCUT2D eigenvalue weighted by Crippen LogP contribution is -2.51. The van der Waals surface area contributed by atoms with E-state index in [0.717, 1.165) is 27.8 Å². The quantitative estimate of drug-likeness (QED) is 0.566. The first-order valence-electron chi connectivity index (χ1n) is 10.1. The largest absolute Gasteiger partial charge is 0.496 e. The predicted octanol–water partition coefficient (Wildman–Crippen LogP) is 4.04. The van der Waals surface area contributed by atoms with Crippen LogP contribution in [0.15, 0.2) is 36.4 Å². The van der Waals surface area contributed by atoms with E-state index < -0.39 is 22.8 Å². The molecule has 29 heavy (non-hydrogen) atoms. The van der Waals surface area contributed by atoms with E-state index in [2.05, 4.69) is 25.1 Å². The highest BCUT2D eigenvalue weighted by Gasteiger charge is 2.60. The predicted molar refractivity (Wildman–Crippen MR) is 109 cm³/mol. The van der Waals surface area contributed by atoms with Crippen LogP contribution in [0.4, 0.5) is 0 Å². The summed E-state index contributed by atoms with van der Waals surface area (Å²) in [4.78, 5) is 26.4. The van der Waals surface area contributed by atoms with Gasteiger partial charge in [0.1, 0.15) is 5.75 Å². The molecule has 5 nitrogen and oxygen atoms in total. The lowest BCUT2D eigenvalue weighted by molar-refractivity contribution is -0.174. The maximum atomic E-state index is 13.2. The summed E-state index contributed by atoms with van der Waals surface area (Å²) < 4.78 is 16.5. The molecular formula is C24H26O5. The van der Waals surface area contributed by atoms with E-state index in [9.17, 15) is 9.59 Å². The second-order valence-corrected chi connectivity index (χ2v) is 7.92. The highest BCUT2D eigenvalue weighted by molar-refractivity contribution is 6.02. The molecule has 0 aliphatic heterocycles. The van der Waals surface area contributed by atoms with Gasteiger partial charge in [0.15, 0.2) is 5.41 Å². The number of hydrogen-bond donors (Lipinski definition) is 0. The van der Waals surface area contributed by atoms with Crippen LogP contribution < -0.4 is 4.74 Å². The average Bonchev–Trinajstić information content (AvgIpc) is 2.98. The van der Waals surface area contributed by atoms with Gasteiger partial charge in [0.25, 0.3) is 0 Å². The Labute approximate surface area is 171 Å². The summed E-state index contributed by atoms with van der Waals surface area (Å²) >= 11 is 0. The van der Waals surface area contributed by atoms with Gasteiger partial charge in [0.05, 0.1) is 20.3 Å². The zero-order valence-electron chi connectivity index (χ0n) is 17.3. The van der Waals surface area contributed by atoms with Crippen molar-refractivity contribution in [2.24, 2.45) is 5.41 Å². The second-order valence-electron chi connectivity index (χ2n) is 7.92. The minimum Gasteiger partial charge on any atom is -0.496 e. The maximum Gasteiger partial charge on any atom is 0.323 e. The third-order valence-electron chi connectivity index (χ3n) is 6.32. The molecule has 0 bridgehead atoms. The van der Waals surface area contributed by atoms with Gasteiger partial charge in [-0.3, -0.25) is 9.59 Å². The van der Waals surface area contributed by atoms with Gasteiger partial charge in [-0.1, -0.05) is 37.3 Å². The number of esters is 2. The molecule has 2 aromatic rings. The summed E-state index contributed by atoms with van der Waals surface area (Å²) in [5.74, 6) is -0.371. The summed E-state index contributed by atoms with van der Waals surface area (Å²) in [6.07, 6.45) is 0.516. The number of carbonyl (C=O) groups excluding carboxylic acids is 2. The standard InChI is InChI=1S/C24H26O5/c1-5-28-21(25)24(22(26)29-6-2)13-17-19(27-4)12-11-16-15-9-7-8-10-18(15)23(3,14-24)20(16)17/h7-12H,5-6,13-14H2,1-4H3. The Balaban J connectivity index is 2.01. The molecular weight excluding hydrogens is 368 g/mol. The highest BCUT2D eigenvalue weighted by atomic mass is 16.6. The molecule has 0 radical (unpaired) electrons. The van der Waals surface area contributed by atoms with E-state index in [1.54, 1.807) is 21.0 Å². The fraction of sp³-hybridized carbons (Fsp3) is 0.417. The van der Waals surface area contributed by atoms with Crippen LogP contribution >= 0.6 is 0 Å². The molecule has 152 valence electrons. The Morgan fingerprint density at radius 2 is 1.62 bits per heavy atom. The SMILES string of the molecule is CCOC(=O)C1(C(=O)OCC)Cc2c(OC)ccc3c2C(C)(C1)c1ccccc1-3. The molecule has 0 saturated carbocycles. The van der Waals surface area contributed by atoms with E-state index in [4.69, 9.17) is 14.2 Å². The number of rotatable bonds is 5. The zero-order valence-corrected chi connectivity index (χ0v) is 17.3. The molecule has 0 aromatic heterocycles. The summed E-state index contributed by atoms with van der Waals surface area (Å²) in [5, 5.41) is 0. The molecule has 4 rings (SSSR count). The summed E-state index contributed by atoms with van der Waals surface area (Å²) in [5.41, 5.74) is 3.49. The lowest BCUT2D eigenvalue weighted by Gasteiger charge is -2.43. The minimum absolute atomic E-state index is 0.206. The van der Waals surface area contributed by atoms with Crippen molar-refractivity contribution in [3.8, 4) is 16.9 Å². The van der Waals surface area contributed by atoms with Crippen LogP contribution in [0.1, 0.15) is 43.9 Å². The van der Waals surface area contributed by atoms with E-state index in [1.807, 2.05) is 18.2 Å². The van der Waals surface area contributed by atoms with Gasteiger partial charge < -0.3 is 14.2 Å². The molecule has 0 heterocycles. The first-order valence-corrected chi connectivity index (χ1v) is 10.1. The molecule has 0 fully saturated rings. The van der Waals surface area contributed by atoms with E-state index >= 15 is 0 Å². The van der Waals surface area contributed by atoms with Gasteiger partial charge in [-0.2, -0.15) is 0 Å². The van der Waals surface area contributed by atoms with Crippen LogP contribution in [0.2, 0.25) is 0 Å². The minimum atomic E-state index is -1.41. The molecule has 5 heteroatoms. The Bertz CT molecular complexity index is 975. The van der Waals surface area contributed by atoms with Crippen molar-refractivity contribution in [3.05, 3.63) is 53.1 Å². The van der Waals surface area contributed by atoms with Crippen LogP contribution in [0, 0.1) is 5.41 Å². The maximum absolute atomic E-state index is 13.2. The van der Waals surface area contributed by atoms with Crippen LogP contribution in [0.25, 0.3) is 11.1 Å². The first-order chi connectivity index (χ1) is 13.9. The molecule has 1 atom stereocenters. The van der Waals surface area contributed by atoms with Crippen molar-refractivity contribution in [1.29, 1.82) is 0 Å². The van der Waals surface area contributed by atoms with Crippen LogP contribution in [-0.4, -0.2) is 32.3 Å². The Morgan fingerprint density at radius 1 is 0.966 bits per heavy atom. The van der Waals surface area contributed by atoms with Gasteiger partial charge in [-0.25, -0.2) is 0 Å². The topological polar surface area (TPSA) is 61.8 Å². The normalized spacial score (nSPS) is 20.4. The monoisotopic (exact) mass is 394 g/mol. The summed E-state index contributed by atoms with van der Waals surface area (Å²) in [7, 11) is 1.61. The molecule has 0 saturated heterocycles. The van der Waals surface area contributed by atoms with Gasteiger partial charge in [-0.05, 0) is 48.6 Å². The van der Waals surface area contributed by atoms with E-state index in [-0.39, 0.29) is 19.6 Å². The van der Waals surface area contributed by atoms with Gasteiger partial charge in [0, 0.05) is 17.4 Å². The fourth-order valence-electron chi connectivity index (χ4n) is 5.25. The van der Waals surface area contributed by atoms with E-state index in [0.29, 0.717) is 12.2 Å². The van der Waals surface area contributed by atoms with Crippen LogP contribution in [-0.2, 0) is 30.9 Å². The van der Waals surface area contributed by atoms with Crippen molar-refractivity contribution < 1.29 is 23.8 Å². The van der Waals surface area contributed by atoms with Crippen molar-refractivity contribution in [2.75, 3.05) is 20.3 Å². The van der Waals surface area contributed by atoms with Crippen molar-refractivity contribution in [3.63, 3.8) is 0 Å². The second kappa shape index (κ2) is 6.90. The van der Waals surface area contributed by atoms with Crippen molar-refractivity contribution in [2.45, 2.75) is 39.0 Å². The van der Waals surface area contributed by atoms with Gasteiger partial charge in [-0.15, -0.1) is 0 Å². The molecule has 0 amide bonds. The molecule has 1 unspecified atom stereocenters. The number of benzene rings is 2. The first kappa shape index (κ1) is 19.5. The molecule has 2 aromatic carbocycles. The fourth-order valence-corrected chi connectivity index (χ4v) is 5.25. The van der Waals surface area contributed by atoms with Crippen molar-refractivity contribution >= 4 is 11.9 Å². The number of ether oxygens (including phenoxy) is 3.